The van der Waals surface area contributed by atoms with Crippen LogP contribution in [-0.4, -0.2) is 14.4 Å². The lowest BCUT2D eigenvalue weighted by molar-refractivity contribution is 0.294. The van der Waals surface area contributed by atoms with Gasteiger partial charge >= 0.3 is 0 Å². The molecule has 0 atom stereocenters. The molecule has 4 aromatic rings. The Morgan fingerprint density at radius 3 is 2.56 bits per heavy atom. The largest absolute Gasteiger partial charge is 0.485 e. The summed E-state index contributed by atoms with van der Waals surface area (Å²) >= 11 is 0. The minimum absolute atomic E-state index is 0.121. The third kappa shape index (κ3) is 3.05. The molecule has 0 bridgehead atoms. The van der Waals surface area contributed by atoms with E-state index in [0.717, 1.165) is 5.56 Å². The van der Waals surface area contributed by atoms with E-state index in [-0.39, 0.29) is 12.2 Å². The van der Waals surface area contributed by atoms with Crippen LogP contribution in [0.25, 0.3) is 17.2 Å². The molecule has 0 aliphatic rings. The molecular weight excluding hydrogens is 352 g/mol. The van der Waals surface area contributed by atoms with Crippen molar-refractivity contribution in [3.8, 4) is 17.3 Å². The van der Waals surface area contributed by atoms with Crippen LogP contribution in [0.2, 0.25) is 0 Å². The van der Waals surface area contributed by atoms with E-state index in [2.05, 4.69) is 9.97 Å². The Labute approximate surface area is 154 Å². The number of hydrogen-bond donors (Lipinski definition) is 0. The van der Waals surface area contributed by atoms with Crippen LogP contribution in [0.3, 0.4) is 0 Å². The number of fused-ring (bicyclic) bond motifs is 1. The lowest BCUT2D eigenvalue weighted by atomic mass is 10.2. The zero-order valence-corrected chi connectivity index (χ0v) is 15.1. The van der Waals surface area contributed by atoms with Crippen LogP contribution in [0.1, 0.15) is 22.6 Å². The summed E-state index contributed by atoms with van der Waals surface area (Å²) in [6, 6.07) is 5.51. The van der Waals surface area contributed by atoms with Crippen molar-refractivity contribution in [3.63, 3.8) is 0 Å². The van der Waals surface area contributed by atoms with Crippen molar-refractivity contribution in [1.29, 1.82) is 0 Å². The quantitative estimate of drug-likeness (QED) is 0.520. The number of halogens is 2. The van der Waals surface area contributed by atoms with Gasteiger partial charge in [0.25, 0.3) is 0 Å². The smallest absolute Gasteiger partial charge is 0.245 e. The molecule has 27 heavy (non-hydrogen) atoms. The fourth-order valence-corrected chi connectivity index (χ4v) is 3.01. The highest BCUT2D eigenvalue weighted by atomic mass is 19.1. The third-order valence-corrected chi connectivity index (χ3v) is 4.25. The molecule has 0 aliphatic heterocycles. The van der Waals surface area contributed by atoms with E-state index in [4.69, 9.17) is 9.15 Å². The van der Waals surface area contributed by atoms with E-state index < -0.39 is 11.6 Å². The third-order valence-electron chi connectivity index (χ3n) is 4.25. The predicted octanol–water partition coefficient (Wildman–Crippen LogP) is 4.77. The van der Waals surface area contributed by atoms with Crippen LogP contribution in [0.15, 0.2) is 41.1 Å². The molecule has 7 heteroatoms. The van der Waals surface area contributed by atoms with E-state index in [1.807, 2.05) is 31.4 Å². The molecule has 0 unspecified atom stereocenters. The first kappa shape index (κ1) is 17.2. The second kappa shape index (κ2) is 6.50. The van der Waals surface area contributed by atoms with Crippen LogP contribution in [0, 0.1) is 32.4 Å². The number of aryl methyl sites for hydroxylation is 3. The van der Waals surface area contributed by atoms with Crippen LogP contribution in [-0.2, 0) is 6.61 Å². The molecule has 5 nitrogen and oxygen atoms in total. The maximum absolute atomic E-state index is 13.9. The normalized spacial score (nSPS) is 11.3. The van der Waals surface area contributed by atoms with Crippen molar-refractivity contribution in [2.75, 3.05) is 0 Å². The van der Waals surface area contributed by atoms with Crippen LogP contribution in [0.5, 0.6) is 5.75 Å². The zero-order chi connectivity index (χ0) is 19.1. The summed E-state index contributed by atoms with van der Waals surface area (Å²) in [5.41, 5.74) is 2.73. The highest BCUT2D eigenvalue weighted by molar-refractivity contribution is 5.66. The number of aromatic nitrogens is 3. The van der Waals surface area contributed by atoms with E-state index in [0.29, 0.717) is 34.4 Å². The highest BCUT2D eigenvalue weighted by Crippen LogP contribution is 2.30. The van der Waals surface area contributed by atoms with E-state index in [9.17, 15) is 8.78 Å². The van der Waals surface area contributed by atoms with Gasteiger partial charge in [0.2, 0.25) is 5.89 Å². The molecule has 0 amide bonds. The van der Waals surface area contributed by atoms with Gasteiger partial charge in [0.15, 0.2) is 11.4 Å². The molecule has 0 spiro atoms. The van der Waals surface area contributed by atoms with Crippen LogP contribution in [0.4, 0.5) is 8.78 Å². The van der Waals surface area contributed by atoms with Gasteiger partial charge in [-0.3, -0.25) is 4.40 Å². The second-order valence-corrected chi connectivity index (χ2v) is 6.39. The van der Waals surface area contributed by atoms with E-state index in [1.165, 1.54) is 18.2 Å². The summed E-state index contributed by atoms with van der Waals surface area (Å²) in [5.74, 6) is 0.284. The highest BCUT2D eigenvalue weighted by Gasteiger charge is 2.19. The van der Waals surface area contributed by atoms with E-state index in [1.54, 1.807) is 12.3 Å². The number of benzene rings is 1. The number of imidazole rings is 1. The molecule has 1 aromatic carbocycles. The van der Waals surface area contributed by atoms with Gasteiger partial charge in [-0.15, -0.1) is 0 Å². The second-order valence-electron chi connectivity index (χ2n) is 6.39. The van der Waals surface area contributed by atoms with Gasteiger partial charge in [-0.2, -0.15) is 0 Å². The maximum Gasteiger partial charge on any atom is 0.245 e. The fraction of sp³-hybridized carbons (Fsp3) is 0.200. The maximum atomic E-state index is 13.9. The molecule has 3 aromatic heterocycles. The molecule has 0 fully saturated rings. The van der Waals surface area contributed by atoms with Gasteiger partial charge in [-0.05, 0) is 44.5 Å². The van der Waals surface area contributed by atoms with Gasteiger partial charge in [0, 0.05) is 6.20 Å². The summed E-state index contributed by atoms with van der Waals surface area (Å²) in [6.07, 6.45) is 3.53. The van der Waals surface area contributed by atoms with Gasteiger partial charge in [-0.25, -0.2) is 18.7 Å². The number of ether oxygens (including phenoxy) is 1. The average molecular weight is 369 g/mol. The molecule has 0 radical (unpaired) electrons. The summed E-state index contributed by atoms with van der Waals surface area (Å²) in [7, 11) is 0. The van der Waals surface area contributed by atoms with Crippen molar-refractivity contribution in [3.05, 3.63) is 70.9 Å². The molecule has 4 rings (SSSR count). The van der Waals surface area contributed by atoms with Crippen molar-refractivity contribution in [1.82, 2.24) is 14.4 Å². The summed E-state index contributed by atoms with van der Waals surface area (Å²) < 4.78 is 41.0. The topological polar surface area (TPSA) is 52.6 Å². The monoisotopic (exact) mass is 369 g/mol. The number of oxazole rings is 1. The Morgan fingerprint density at radius 1 is 1.15 bits per heavy atom. The number of rotatable bonds is 4. The molecule has 3 heterocycles. The van der Waals surface area contributed by atoms with Gasteiger partial charge in [-0.1, -0.05) is 6.07 Å². The van der Waals surface area contributed by atoms with Crippen molar-refractivity contribution >= 4 is 5.65 Å². The SMILES string of the molecule is Cc1cc(OCc2c(F)cccc2F)c2nc(C)c(-c3ncc(C)o3)n2c1. The Hall–Kier alpha value is -3.22. The first-order chi connectivity index (χ1) is 12.9. The number of hydrogen-bond acceptors (Lipinski definition) is 4. The Balaban J connectivity index is 1.78. The van der Waals surface area contributed by atoms with Crippen molar-refractivity contribution in [2.24, 2.45) is 0 Å². The minimum atomic E-state index is -0.644. The predicted molar refractivity (Wildman–Crippen MR) is 95.6 cm³/mol. The summed E-state index contributed by atoms with van der Waals surface area (Å²) in [6.45, 7) is 5.32. The Kier molecular flexibility index (Phi) is 4.14. The lowest BCUT2D eigenvalue weighted by Crippen LogP contribution is -2.03. The fourth-order valence-electron chi connectivity index (χ4n) is 3.01. The molecule has 138 valence electrons. The zero-order valence-electron chi connectivity index (χ0n) is 15.1. The standard InChI is InChI=1S/C20H17F2N3O2/c1-11-7-17(26-10-14-15(21)5-4-6-16(14)22)19-24-13(3)18(25(19)9-11)20-23-8-12(2)27-20/h4-9H,10H2,1-3H3. The lowest BCUT2D eigenvalue weighted by Gasteiger charge is -2.10. The van der Waals surface area contributed by atoms with Gasteiger partial charge in [0.05, 0.1) is 17.5 Å². The van der Waals surface area contributed by atoms with Gasteiger partial charge < -0.3 is 9.15 Å². The first-order valence-electron chi connectivity index (χ1n) is 8.42. The number of nitrogens with zero attached hydrogens (tertiary/aromatic N) is 3. The summed E-state index contributed by atoms with van der Waals surface area (Å²) in [5, 5.41) is 0. The van der Waals surface area contributed by atoms with Crippen molar-refractivity contribution < 1.29 is 17.9 Å². The van der Waals surface area contributed by atoms with Crippen molar-refractivity contribution in [2.45, 2.75) is 27.4 Å². The average Bonchev–Trinajstić information content (AvgIpc) is 3.16. The Bertz CT molecular complexity index is 1130. The summed E-state index contributed by atoms with van der Waals surface area (Å²) in [4.78, 5) is 8.83. The molecule has 0 saturated heterocycles. The first-order valence-corrected chi connectivity index (χ1v) is 8.42. The molecular formula is C20H17F2N3O2. The van der Waals surface area contributed by atoms with Gasteiger partial charge in [0.1, 0.15) is 29.7 Å². The molecule has 0 N–H and O–H groups in total. The molecule has 0 saturated carbocycles. The molecule has 0 aliphatic carbocycles. The Morgan fingerprint density at radius 2 is 1.89 bits per heavy atom. The van der Waals surface area contributed by atoms with Crippen LogP contribution >= 0.6 is 0 Å². The number of pyridine rings is 1. The van der Waals surface area contributed by atoms with E-state index >= 15 is 0 Å². The van der Waals surface area contributed by atoms with Crippen LogP contribution < -0.4 is 4.74 Å². The minimum Gasteiger partial charge on any atom is -0.485 e.